The molecule has 10 heteroatoms. The third kappa shape index (κ3) is 5.94. The Morgan fingerprint density at radius 1 is 1.11 bits per heavy atom. The maximum Gasteiger partial charge on any atom is 0.573 e. The lowest BCUT2D eigenvalue weighted by molar-refractivity contribution is -0.274. The minimum atomic E-state index is -4.73. The number of thiophene rings is 1. The molecule has 0 bridgehead atoms. The number of alkyl halides is 3. The zero-order valence-corrected chi connectivity index (χ0v) is 19.6. The summed E-state index contributed by atoms with van der Waals surface area (Å²) in [7, 11) is 0. The Hall–Kier alpha value is -3.11. The lowest BCUT2D eigenvalue weighted by Crippen LogP contribution is -2.24. The predicted molar refractivity (Wildman–Crippen MR) is 129 cm³/mol. The van der Waals surface area contributed by atoms with E-state index >= 15 is 0 Å². The third-order valence-corrected chi connectivity index (χ3v) is 7.05. The van der Waals surface area contributed by atoms with Gasteiger partial charge in [-0.25, -0.2) is 0 Å². The summed E-state index contributed by atoms with van der Waals surface area (Å²) in [5.74, 6) is 1.05. The number of allylic oxidation sites excluding steroid dienone is 2. The van der Waals surface area contributed by atoms with Gasteiger partial charge in [0.15, 0.2) is 5.76 Å². The molecule has 2 fully saturated rings. The molecule has 0 spiro atoms. The highest BCUT2D eigenvalue weighted by Crippen LogP contribution is 2.39. The Kier molecular flexibility index (Phi) is 6.66. The molecule has 0 amide bonds. The van der Waals surface area contributed by atoms with E-state index < -0.39 is 6.36 Å². The van der Waals surface area contributed by atoms with Gasteiger partial charge in [0.1, 0.15) is 11.5 Å². The molecule has 3 aromatic rings. The van der Waals surface area contributed by atoms with Crippen molar-refractivity contribution in [1.29, 1.82) is 0 Å². The minimum Gasteiger partial charge on any atom is -0.452 e. The number of hydrogen-bond acceptors (Lipinski definition) is 7. The SMILES string of the molecule is NC(=C(C=NC1CC1)Oc1ccnc2cc(-c3ccc(OC(F)(F)F)cc3)sc12)C1CCOCC1. The number of fused-ring (bicyclic) bond motifs is 1. The van der Waals surface area contributed by atoms with Gasteiger partial charge in [0, 0.05) is 36.3 Å². The van der Waals surface area contributed by atoms with Crippen LogP contribution in [0.3, 0.4) is 0 Å². The van der Waals surface area contributed by atoms with E-state index in [1.807, 2.05) is 6.07 Å². The number of nitrogens with two attached hydrogens (primary N) is 1. The first kappa shape index (κ1) is 23.6. The zero-order valence-electron chi connectivity index (χ0n) is 18.8. The molecule has 184 valence electrons. The monoisotopic (exact) mass is 503 g/mol. The van der Waals surface area contributed by atoms with Gasteiger partial charge in [-0.15, -0.1) is 24.5 Å². The number of aliphatic imine (C=N–C) groups is 1. The van der Waals surface area contributed by atoms with Crippen molar-refractivity contribution in [2.24, 2.45) is 16.6 Å². The van der Waals surface area contributed by atoms with E-state index in [0.29, 0.717) is 36.5 Å². The first-order chi connectivity index (χ1) is 16.9. The smallest absolute Gasteiger partial charge is 0.452 e. The Morgan fingerprint density at radius 2 is 1.86 bits per heavy atom. The second-order valence-corrected chi connectivity index (χ2v) is 9.58. The van der Waals surface area contributed by atoms with E-state index in [2.05, 4.69) is 14.7 Å². The van der Waals surface area contributed by atoms with Gasteiger partial charge in [-0.2, -0.15) is 0 Å². The minimum absolute atomic E-state index is 0.165. The second-order valence-electron chi connectivity index (χ2n) is 8.52. The molecule has 35 heavy (non-hydrogen) atoms. The van der Waals surface area contributed by atoms with Crippen LogP contribution in [0.5, 0.6) is 11.5 Å². The number of benzene rings is 1. The molecule has 2 aromatic heterocycles. The highest BCUT2D eigenvalue weighted by Gasteiger charge is 2.31. The van der Waals surface area contributed by atoms with Crippen molar-refractivity contribution in [1.82, 2.24) is 4.98 Å². The standard InChI is InChI=1S/C25H24F3N3O3S/c26-25(27,28)34-18-5-1-15(2-6-18)22-13-19-24(35-22)20(7-10-30-19)33-21(14-31-17-3-4-17)23(29)16-8-11-32-12-9-16/h1-2,5-7,10,13-14,16-17H,3-4,8-9,11-12,29H2. The largest absolute Gasteiger partial charge is 0.573 e. The van der Waals surface area contributed by atoms with E-state index in [1.165, 1.54) is 23.5 Å². The van der Waals surface area contributed by atoms with Crippen molar-refractivity contribution in [3.63, 3.8) is 0 Å². The van der Waals surface area contributed by atoms with Crippen molar-refractivity contribution >= 4 is 27.8 Å². The number of ether oxygens (including phenoxy) is 3. The fourth-order valence-electron chi connectivity index (χ4n) is 3.84. The molecule has 0 radical (unpaired) electrons. The third-order valence-electron chi connectivity index (χ3n) is 5.86. The summed E-state index contributed by atoms with van der Waals surface area (Å²) in [4.78, 5) is 9.88. The molecule has 0 unspecified atom stereocenters. The Labute approximate surface area is 204 Å². The van der Waals surface area contributed by atoms with Crippen LogP contribution < -0.4 is 15.2 Å². The summed E-state index contributed by atoms with van der Waals surface area (Å²) >= 11 is 1.44. The molecular formula is C25H24F3N3O3S. The van der Waals surface area contributed by atoms with Crippen LogP contribution in [0.4, 0.5) is 13.2 Å². The molecule has 1 saturated carbocycles. The summed E-state index contributed by atoms with van der Waals surface area (Å²) in [6.07, 6.45) is 2.48. The van der Waals surface area contributed by atoms with Gasteiger partial charge in [-0.3, -0.25) is 9.98 Å². The van der Waals surface area contributed by atoms with Crippen molar-refractivity contribution in [3.05, 3.63) is 54.1 Å². The average molecular weight is 504 g/mol. The predicted octanol–water partition coefficient (Wildman–Crippen LogP) is 6.07. The van der Waals surface area contributed by atoms with Crippen LogP contribution >= 0.6 is 11.3 Å². The molecule has 2 N–H and O–H groups in total. The van der Waals surface area contributed by atoms with Gasteiger partial charge in [0.25, 0.3) is 0 Å². The summed E-state index contributed by atoms with van der Waals surface area (Å²) in [5.41, 5.74) is 8.69. The fraction of sp³-hybridized carbons (Fsp3) is 0.360. The topological polar surface area (TPSA) is 79.0 Å². The van der Waals surface area contributed by atoms with E-state index in [-0.39, 0.29) is 11.7 Å². The van der Waals surface area contributed by atoms with Gasteiger partial charge in [-0.1, -0.05) is 0 Å². The van der Waals surface area contributed by atoms with Crippen LogP contribution in [0.25, 0.3) is 20.7 Å². The van der Waals surface area contributed by atoms with Crippen molar-refractivity contribution in [2.75, 3.05) is 13.2 Å². The van der Waals surface area contributed by atoms with Gasteiger partial charge < -0.3 is 19.9 Å². The molecule has 2 aliphatic rings. The fourth-order valence-corrected chi connectivity index (χ4v) is 4.91. The first-order valence-corrected chi connectivity index (χ1v) is 12.2. The number of nitrogens with zero attached hydrogens (tertiary/aromatic N) is 2. The van der Waals surface area contributed by atoms with Crippen LogP contribution in [0.15, 0.2) is 59.0 Å². The van der Waals surface area contributed by atoms with E-state index in [0.717, 1.165) is 46.3 Å². The highest BCUT2D eigenvalue weighted by atomic mass is 32.1. The molecule has 1 aliphatic heterocycles. The molecule has 6 nitrogen and oxygen atoms in total. The molecule has 5 rings (SSSR count). The molecule has 1 saturated heterocycles. The molecule has 0 atom stereocenters. The van der Waals surface area contributed by atoms with Crippen LogP contribution in [0.2, 0.25) is 0 Å². The number of rotatable bonds is 7. The maximum absolute atomic E-state index is 12.5. The normalized spacial score (nSPS) is 18.1. The van der Waals surface area contributed by atoms with Crippen molar-refractivity contribution in [3.8, 4) is 21.9 Å². The van der Waals surface area contributed by atoms with E-state index in [1.54, 1.807) is 30.6 Å². The summed E-state index contributed by atoms with van der Waals surface area (Å²) in [6, 6.07) is 9.75. The Morgan fingerprint density at radius 3 is 2.54 bits per heavy atom. The number of hydrogen-bond donors (Lipinski definition) is 1. The van der Waals surface area contributed by atoms with Gasteiger partial charge >= 0.3 is 6.36 Å². The second kappa shape index (κ2) is 9.87. The quantitative estimate of drug-likeness (QED) is 0.313. The molecular weight excluding hydrogens is 479 g/mol. The lowest BCUT2D eigenvalue weighted by atomic mass is 9.96. The van der Waals surface area contributed by atoms with E-state index in [9.17, 15) is 13.2 Å². The summed E-state index contributed by atoms with van der Waals surface area (Å²) in [5, 5.41) is 0. The highest BCUT2D eigenvalue weighted by molar-refractivity contribution is 7.22. The molecule has 1 aliphatic carbocycles. The maximum atomic E-state index is 12.5. The van der Waals surface area contributed by atoms with Crippen molar-refractivity contribution in [2.45, 2.75) is 38.1 Å². The average Bonchev–Trinajstić information content (AvgIpc) is 3.57. The first-order valence-electron chi connectivity index (χ1n) is 11.4. The molecule has 1 aromatic carbocycles. The molecule has 3 heterocycles. The zero-order chi connectivity index (χ0) is 24.4. The van der Waals surface area contributed by atoms with E-state index in [4.69, 9.17) is 15.2 Å². The van der Waals surface area contributed by atoms with Crippen LogP contribution in [0.1, 0.15) is 25.7 Å². The van der Waals surface area contributed by atoms with Crippen LogP contribution in [-0.2, 0) is 4.74 Å². The lowest BCUT2D eigenvalue weighted by Gasteiger charge is -2.23. The van der Waals surface area contributed by atoms with Gasteiger partial charge in [0.2, 0.25) is 0 Å². The van der Waals surface area contributed by atoms with Crippen LogP contribution in [-0.4, -0.2) is 36.8 Å². The Balaban J connectivity index is 1.43. The number of halogens is 3. The number of pyridine rings is 1. The van der Waals surface area contributed by atoms with Gasteiger partial charge in [-0.05, 0) is 61.6 Å². The Bertz CT molecular complexity index is 1240. The van der Waals surface area contributed by atoms with Crippen molar-refractivity contribution < 1.29 is 27.4 Å². The van der Waals surface area contributed by atoms with Gasteiger partial charge in [0.05, 0.1) is 28.2 Å². The summed E-state index contributed by atoms with van der Waals surface area (Å²) < 4.78 is 54.0. The number of aromatic nitrogens is 1. The van der Waals surface area contributed by atoms with Crippen LogP contribution in [0, 0.1) is 5.92 Å². The summed E-state index contributed by atoms with van der Waals surface area (Å²) in [6.45, 7) is 1.33.